The molecule has 0 aliphatic heterocycles. The number of aromatic nitrogens is 2. The van der Waals surface area contributed by atoms with Crippen molar-refractivity contribution in [2.75, 3.05) is 6.54 Å². The Hall–Kier alpha value is -4.14. The molecule has 5 N–H and O–H groups in total. The highest BCUT2D eigenvalue weighted by atomic mass is 16.4. The van der Waals surface area contributed by atoms with Crippen LogP contribution in [0.15, 0.2) is 73.1 Å². The Morgan fingerprint density at radius 2 is 1.82 bits per heavy atom. The number of carbonyl (C=O) groups excluding carboxylic acids is 1. The van der Waals surface area contributed by atoms with E-state index in [1.807, 2.05) is 60.8 Å². The minimum atomic E-state index is -1.06. The number of fused-ring (bicyclic) bond motifs is 2. The van der Waals surface area contributed by atoms with E-state index in [1.165, 1.54) is 5.56 Å². The molecule has 0 spiro atoms. The number of hydrogen-bond donors (Lipinski definition) is 4. The van der Waals surface area contributed by atoms with E-state index in [2.05, 4.69) is 26.7 Å². The summed E-state index contributed by atoms with van der Waals surface area (Å²) in [6.45, 7) is 0.766. The van der Waals surface area contributed by atoms with E-state index >= 15 is 0 Å². The van der Waals surface area contributed by atoms with Gasteiger partial charge in [-0.05, 0) is 84.8 Å². The highest BCUT2D eigenvalue weighted by molar-refractivity contribution is 6.12. The van der Waals surface area contributed by atoms with Crippen molar-refractivity contribution >= 4 is 22.6 Å². The van der Waals surface area contributed by atoms with Crippen LogP contribution >= 0.6 is 0 Å². The summed E-state index contributed by atoms with van der Waals surface area (Å²) in [6.07, 6.45) is 7.58. The number of carbonyl (C=O) groups is 2. The topological polar surface area (TPSA) is 130 Å². The Morgan fingerprint density at radius 3 is 2.59 bits per heavy atom. The smallest absolute Gasteiger partial charge is 0.326 e. The minimum absolute atomic E-state index is 0.131. The normalized spacial score (nSPS) is 15.5. The number of amides is 1. The molecule has 2 heterocycles. The van der Waals surface area contributed by atoms with Crippen molar-refractivity contribution in [1.29, 1.82) is 0 Å². The zero-order chi connectivity index (χ0) is 27.2. The molecule has 0 fully saturated rings. The number of carboxylic acid groups (broad SMARTS) is 1. The number of hydrogen-bond acceptors (Lipinski definition) is 6. The van der Waals surface area contributed by atoms with Crippen molar-refractivity contribution in [3.05, 3.63) is 95.4 Å². The molecule has 2 aromatic carbocycles. The first-order valence-electron chi connectivity index (χ1n) is 13.4. The summed E-state index contributed by atoms with van der Waals surface area (Å²) in [7, 11) is 0. The van der Waals surface area contributed by atoms with Crippen LogP contribution in [-0.4, -0.2) is 39.5 Å². The summed E-state index contributed by atoms with van der Waals surface area (Å²) < 4.78 is 0. The molecule has 2 atom stereocenters. The van der Waals surface area contributed by atoms with E-state index in [4.69, 9.17) is 5.73 Å². The van der Waals surface area contributed by atoms with E-state index in [0.717, 1.165) is 41.6 Å². The minimum Gasteiger partial charge on any atom is -0.480 e. The van der Waals surface area contributed by atoms with Crippen molar-refractivity contribution in [3.63, 3.8) is 0 Å². The molecule has 5 rings (SSSR count). The molecule has 0 saturated heterocycles. The van der Waals surface area contributed by atoms with Gasteiger partial charge in [0.25, 0.3) is 5.91 Å². The summed E-state index contributed by atoms with van der Waals surface area (Å²) in [5.74, 6) is -1.50. The summed E-state index contributed by atoms with van der Waals surface area (Å²) in [5.41, 5.74) is 11.1. The van der Waals surface area contributed by atoms with Crippen molar-refractivity contribution in [2.24, 2.45) is 5.73 Å². The van der Waals surface area contributed by atoms with Crippen molar-refractivity contribution < 1.29 is 14.7 Å². The molecule has 1 unspecified atom stereocenters. The molecule has 0 bridgehead atoms. The molecule has 2 aromatic heterocycles. The van der Waals surface area contributed by atoms with Gasteiger partial charge in [-0.1, -0.05) is 36.4 Å². The van der Waals surface area contributed by atoms with E-state index in [0.29, 0.717) is 35.9 Å². The Kier molecular flexibility index (Phi) is 8.24. The van der Waals surface area contributed by atoms with Gasteiger partial charge in [-0.3, -0.25) is 14.8 Å². The van der Waals surface area contributed by atoms with E-state index in [-0.39, 0.29) is 12.6 Å². The Balaban J connectivity index is 1.31. The molecular formula is C31H33N5O3. The van der Waals surface area contributed by atoms with Crippen molar-refractivity contribution in [1.82, 2.24) is 20.6 Å². The van der Waals surface area contributed by atoms with Gasteiger partial charge in [-0.15, -0.1) is 0 Å². The van der Waals surface area contributed by atoms with Gasteiger partial charge in [0.1, 0.15) is 6.04 Å². The second-order valence-electron chi connectivity index (χ2n) is 9.88. The van der Waals surface area contributed by atoms with Gasteiger partial charge >= 0.3 is 5.97 Å². The van der Waals surface area contributed by atoms with Gasteiger partial charge in [-0.25, -0.2) is 4.79 Å². The Morgan fingerprint density at radius 1 is 1.03 bits per heavy atom. The largest absolute Gasteiger partial charge is 0.480 e. The standard InChI is InChI=1S/C31H33N5O3/c32-19-21-18-24(25-12-3-4-15-33-25)22-10-1-2-11-23(22)28(21)30(37)36-27(31(38)39)14-7-16-34-26-13-5-8-20-9-6-17-35-29(20)26/h1-4,6,9-12,15,17-18,26-27,34H,5,7-8,13-14,16,19,32H2,(H,36,37)(H,38,39)/t26?,27-/m0/s1. The molecule has 1 aliphatic rings. The predicted molar refractivity (Wildman–Crippen MR) is 151 cm³/mol. The van der Waals surface area contributed by atoms with Crippen LogP contribution in [0.1, 0.15) is 58.9 Å². The first-order valence-corrected chi connectivity index (χ1v) is 13.4. The number of benzene rings is 2. The fourth-order valence-corrected chi connectivity index (χ4v) is 5.47. The fourth-order valence-electron chi connectivity index (χ4n) is 5.47. The van der Waals surface area contributed by atoms with Gasteiger partial charge in [0.2, 0.25) is 0 Å². The van der Waals surface area contributed by atoms with Gasteiger partial charge < -0.3 is 21.5 Å². The van der Waals surface area contributed by atoms with Crippen LogP contribution in [0.3, 0.4) is 0 Å². The quantitative estimate of drug-likeness (QED) is 0.227. The number of carboxylic acids is 1. The maximum absolute atomic E-state index is 13.5. The van der Waals surface area contributed by atoms with Crippen LogP contribution in [0, 0.1) is 0 Å². The molecule has 1 amide bonds. The van der Waals surface area contributed by atoms with E-state index < -0.39 is 17.9 Å². The molecule has 200 valence electrons. The van der Waals surface area contributed by atoms with Gasteiger partial charge in [0, 0.05) is 30.5 Å². The predicted octanol–water partition coefficient (Wildman–Crippen LogP) is 4.39. The average molecular weight is 524 g/mol. The fraction of sp³-hybridized carbons (Fsp3) is 0.290. The first-order chi connectivity index (χ1) is 19.1. The van der Waals surface area contributed by atoms with Crippen molar-refractivity contribution in [2.45, 2.75) is 50.7 Å². The maximum atomic E-state index is 13.5. The molecule has 8 heteroatoms. The van der Waals surface area contributed by atoms with Crippen LogP contribution in [0.25, 0.3) is 22.0 Å². The number of aliphatic carboxylic acids is 1. The lowest BCUT2D eigenvalue weighted by Crippen LogP contribution is -2.41. The summed E-state index contributed by atoms with van der Waals surface area (Å²) in [4.78, 5) is 34.7. The van der Waals surface area contributed by atoms with Crippen LogP contribution < -0.4 is 16.4 Å². The molecule has 8 nitrogen and oxygen atoms in total. The third kappa shape index (κ3) is 5.82. The zero-order valence-corrected chi connectivity index (χ0v) is 21.8. The maximum Gasteiger partial charge on any atom is 0.326 e. The van der Waals surface area contributed by atoms with Crippen LogP contribution in [-0.2, 0) is 17.8 Å². The van der Waals surface area contributed by atoms with E-state index in [9.17, 15) is 14.7 Å². The highest BCUT2D eigenvalue weighted by Gasteiger charge is 2.25. The first kappa shape index (κ1) is 26.5. The highest BCUT2D eigenvalue weighted by Crippen LogP contribution is 2.33. The van der Waals surface area contributed by atoms with Crippen LogP contribution in [0.4, 0.5) is 0 Å². The zero-order valence-electron chi connectivity index (χ0n) is 21.8. The number of nitrogens with one attached hydrogen (secondary N) is 2. The molecular weight excluding hydrogens is 490 g/mol. The molecule has 1 aliphatic carbocycles. The number of aryl methyl sites for hydroxylation is 1. The third-order valence-corrected chi connectivity index (χ3v) is 7.37. The van der Waals surface area contributed by atoms with Gasteiger partial charge in [0.15, 0.2) is 0 Å². The summed E-state index contributed by atoms with van der Waals surface area (Å²) >= 11 is 0. The SMILES string of the molecule is NCc1cc(-c2ccccn2)c2ccccc2c1C(=O)N[C@@H](CCCNC1CCCc2cccnc21)C(=O)O. The Labute approximate surface area is 227 Å². The lowest BCUT2D eigenvalue weighted by atomic mass is 9.91. The summed E-state index contributed by atoms with van der Waals surface area (Å²) in [6, 6.07) is 18.4. The second kappa shape index (κ2) is 12.1. The lowest BCUT2D eigenvalue weighted by molar-refractivity contribution is -0.139. The molecule has 0 saturated carbocycles. The van der Waals surface area contributed by atoms with Crippen molar-refractivity contribution in [3.8, 4) is 11.3 Å². The number of pyridine rings is 2. The van der Waals surface area contributed by atoms with E-state index in [1.54, 1.807) is 6.20 Å². The molecule has 0 radical (unpaired) electrons. The Bertz CT molecular complexity index is 1470. The average Bonchev–Trinajstić information content (AvgIpc) is 2.98. The van der Waals surface area contributed by atoms with Crippen LogP contribution in [0.2, 0.25) is 0 Å². The van der Waals surface area contributed by atoms with Crippen LogP contribution in [0.5, 0.6) is 0 Å². The number of rotatable bonds is 10. The number of nitrogens with two attached hydrogens (primary N) is 1. The molecule has 4 aromatic rings. The van der Waals surface area contributed by atoms with Gasteiger partial charge in [0.05, 0.1) is 17.0 Å². The third-order valence-electron chi connectivity index (χ3n) is 7.37. The van der Waals surface area contributed by atoms with Gasteiger partial charge in [-0.2, -0.15) is 0 Å². The lowest BCUT2D eigenvalue weighted by Gasteiger charge is -2.25. The second-order valence-corrected chi connectivity index (χ2v) is 9.88. The monoisotopic (exact) mass is 523 g/mol. The molecule has 39 heavy (non-hydrogen) atoms. The summed E-state index contributed by atoms with van der Waals surface area (Å²) in [5, 5.41) is 17.8. The number of nitrogens with zero attached hydrogens (tertiary/aromatic N) is 2.